The second-order valence-corrected chi connectivity index (χ2v) is 5.63. The lowest BCUT2D eigenvalue weighted by atomic mass is 10.00. The van der Waals surface area contributed by atoms with Crippen LogP contribution < -0.4 is 10.1 Å². The molecule has 1 amide bonds. The molecule has 0 radical (unpaired) electrons. The SMILES string of the molecule is O=C(NC1CN2CCC1C2)c1nccc2c1OCC2. The maximum Gasteiger partial charge on any atom is 0.274 e. The van der Waals surface area contributed by atoms with Gasteiger partial charge in [0.15, 0.2) is 11.4 Å². The molecule has 4 rings (SSSR count). The number of nitrogens with zero attached hydrogens (tertiary/aromatic N) is 2. The van der Waals surface area contributed by atoms with Gasteiger partial charge in [0.25, 0.3) is 5.91 Å². The van der Waals surface area contributed by atoms with E-state index in [0.717, 1.165) is 25.1 Å². The van der Waals surface area contributed by atoms with Gasteiger partial charge in [-0.15, -0.1) is 0 Å². The van der Waals surface area contributed by atoms with Crippen LogP contribution in [0, 0.1) is 5.92 Å². The Morgan fingerprint density at radius 2 is 2.42 bits per heavy atom. The molecular weight excluding hydrogens is 242 g/mol. The van der Waals surface area contributed by atoms with Crippen LogP contribution in [-0.2, 0) is 6.42 Å². The van der Waals surface area contributed by atoms with Crippen LogP contribution in [0.5, 0.6) is 5.75 Å². The second kappa shape index (κ2) is 4.20. The van der Waals surface area contributed by atoms with E-state index >= 15 is 0 Å². The van der Waals surface area contributed by atoms with Gasteiger partial charge < -0.3 is 15.0 Å². The number of fused-ring (bicyclic) bond motifs is 3. The summed E-state index contributed by atoms with van der Waals surface area (Å²) >= 11 is 0. The largest absolute Gasteiger partial charge is 0.490 e. The molecule has 0 saturated carbocycles. The number of hydrogen-bond donors (Lipinski definition) is 1. The summed E-state index contributed by atoms with van der Waals surface area (Å²) in [6, 6.07) is 2.21. The van der Waals surface area contributed by atoms with Crippen LogP contribution in [0.4, 0.5) is 0 Å². The monoisotopic (exact) mass is 259 g/mol. The number of pyridine rings is 1. The minimum atomic E-state index is -0.0856. The van der Waals surface area contributed by atoms with Crippen molar-refractivity contribution in [2.24, 2.45) is 5.92 Å². The molecule has 2 fully saturated rings. The second-order valence-electron chi connectivity index (χ2n) is 5.63. The van der Waals surface area contributed by atoms with Gasteiger partial charge in [-0.05, 0) is 24.9 Å². The van der Waals surface area contributed by atoms with Gasteiger partial charge in [-0.3, -0.25) is 4.79 Å². The summed E-state index contributed by atoms with van der Waals surface area (Å²) in [5.41, 5.74) is 1.55. The molecule has 19 heavy (non-hydrogen) atoms. The molecule has 0 spiro atoms. The number of ether oxygens (including phenoxy) is 1. The normalized spacial score (nSPS) is 31.1. The van der Waals surface area contributed by atoms with Gasteiger partial charge in [-0.2, -0.15) is 0 Å². The zero-order valence-corrected chi connectivity index (χ0v) is 10.8. The number of carbonyl (C=O) groups is 1. The van der Waals surface area contributed by atoms with Crippen LogP contribution in [0.15, 0.2) is 12.3 Å². The fourth-order valence-electron chi connectivity index (χ4n) is 3.46. The third-order valence-corrected chi connectivity index (χ3v) is 4.47. The summed E-state index contributed by atoms with van der Waals surface area (Å²) in [4.78, 5) is 19.0. The molecule has 2 bridgehead atoms. The van der Waals surface area contributed by atoms with Gasteiger partial charge in [0.05, 0.1) is 6.61 Å². The summed E-state index contributed by atoms with van der Waals surface area (Å²) in [5, 5.41) is 3.13. The average Bonchev–Trinajstić information content (AvgIpc) is 3.13. The van der Waals surface area contributed by atoms with Crippen LogP contribution in [0.25, 0.3) is 0 Å². The highest BCUT2D eigenvalue weighted by Gasteiger charge is 2.39. The van der Waals surface area contributed by atoms with Crippen molar-refractivity contribution < 1.29 is 9.53 Å². The number of aromatic nitrogens is 1. The van der Waals surface area contributed by atoms with Crippen LogP contribution in [0.3, 0.4) is 0 Å². The average molecular weight is 259 g/mol. The molecule has 0 aromatic carbocycles. The Kier molecular flexibility index (Phi) is 2.48. The van der Waals surface area contributed by atoms with Crippen molar-refractivity contribution in [1.29, 1.82) is 0 Å². The minimum Gasteiger partial charge on any atom is -0.490 e. The topological polar surface area (TPSA) is 54.5 Å². The molecule has 1 aromatic rings. The van der Waals surface area contributed by atoms with Gasteiger partial charge in [-0.1, -0.05) is 0 Å². The molecule has 2 saturated heterocycles. The standard InChI is InChI=1S/C14H17N3O2/c18-14(16-11-8-17-5-2-10(11)7-17)12-13-9(1-4-15-12)3-6-19-13/h1,4,10-11H,2-3,5-8H2,(H,16,18). The first-order valence-electron chi connectivity index (χ1n) is 6.95. The van der Waals surface area contributed by atoms with Crippen molar-refractivity contribution in [3.05, 3.63) is 23.5 Å². The van der Waals surface area contributed by atoms with Crippen molar-refractivity contribution in [1.82, 2.24) is 15.2 Å². The Labute approximate surface area is 112 Å². The summed E-state index contributed by atoms with van der Waals surface area (Å²) < 4.78 is 5.54. The molecule has 1 N–H and O–H groups in total. The molecule has 100 valence electrons. The van der Waals surface area contributed by atoms with Crippen LogP contribution in [0.2, 0.25) is 0 Å². The van der Waals surface area contributed by atoms with E-state index < -0.39 is 0 Å². The van der Waals surface area contributed by atoms with E-state index in [2.05, 4.69) is 15.2 Å². The van der Waals surface area contributed by atoms with Crippen molar-refractivity contribution >= 4 is 5.91 Å². The Balaban J connectivity index is 1.53. The highest BCUT2D eigenvalue weighted by molar-refractivity contribution is 5.95. The van der Waals surface area contributed by atoms with Gasteiger partial charge in [-0.25, -0.2) is 4.98 Å². The molecule has 3 aliphatic rings. The number of carbonyl (C=O) groups excluding carboxylic acids is 1. The van der Waals surface area contributed by atoms with E-state index in [1.54, 1.807) is 6.20 Å². The van der Waals surface area contributed by atoms with E-state index in [9.17, 15) is 4.79 Å². The van der Waals surface area contributed by atoms with E-state index in [1.807, 2.05) is 6.07 Å². The van der Waals surface area contributed by atoms with Crippen molar-refractivity contribution in [3.8, 4) is 5.75 Å². The lowest BCUT2D eigenvalue weighted by Gasteiger charge is -2.23. The summed E-state index contributed by atoms with van der Waals surface area (Å²) in [6.45, 7) is 3.94. The molecular formula is C14H17N3O2. The Morgan fingerprint density at radius 3 is 3.21 bits per heavy atom. The summed E-state index contributed by atoms with van der Waals surface area (Å²) in [5.74, 6) is 1.21. The fraction of sp³-hybridized carbons (Fsp3) is 0.571. The van der Waals surface area contributed by atoms with E-state index in [-0.39, 0.29) is 11.9 Å². The van der Waals surface area contributed by atoms with E-state index in [1.165, 1.54) is 13.0 Å². The fourth-order valence-corrected chi connectivity index (χ4v) is 3.46. The predicted octanol–water partition coefficient (Wildman–Crippen LogP) is 0.450. The maximum atomic E-state index is 12.4. The Hall–Kier alpha value is -1.62. The molecule has 3 unspecified atom stereocenters. The van der Waals surface area contributed by atoms with Gasteiger partial charge in [0.2, 0.25) is 0 Å². The van der Waals surface area contributed by atoms with E-state index in [0.29, 0.717) is 24.0 Å². The molecule has 5 nitrogen and oxygen atoms in total. The van der Waals surface area contributed by atoms with Gasteiger partial charge >= 0.3 is 0 Å². The van der Waals surface area contributed by atoms with Gasteiger partial charge in [0.1, 0.15) is 0 Å². The third kappa shape index (κ3) is 1.80. The molecule has 4 heterocycles. The number of nitrogens with one attached hydrogen (secondary N) is 1. The zero-order valence-electron chi connectivity index (χ0n) is 10.8. The molecule has 1 aromatic heterocycles. The number of rotatable bonds is 2. The van der Waals surface area contributed by atoms with Crippen LogP contribution in [0.1, 0.15) is 22.5 Å². The number of amides is 1. The first-order valence-corrected chi connectivity index (χ1v) is 6.95. The summed E-state index contributed by atoms with van der Waals surface area (Å²) in [6.07, 6.45) is 3.77. The third-order valence-electron chi connectivity index (χ3n) is 4.47. The smallest absolute Gasteiger partial charge is 0.274 e. The predicted molar refractivity (Wildman–Crippen MR) is 69.2 cm³/mol. The minimum absolute atomic E-state index is 0.0856. The van der Waals surface area contributed by atoms with Gasteiger partial charge in [0, 0.05) is 37.3 Å². The lowest BCUT2D eigenvalue weighted by Crippen LogP contribution is -2.43. The first-order chi connectivity index (χ1) is 9.31. The van der Waals surface area contributed by atoms with Crippen molar-refractivity contribution in [3.63, 3.8) is 0 Å². The molecule has 0 aliphatic carbocycles. The lowest BCUT2D eigenvalue weighted by molar-refractivity contribution is 0.0916. The quantitative estimate of drug-likeness (QED) is 0.838. The van der Waals surface area contributed by atoms with Crippen molar-refractivity contribution in [2.75, 3.05) is 26.2 Å². The molecule has 3 aliphatic heterocycles. The van der Waals surface area contributed by atoms with E-state index in [4.69, 9.17) is 4.74 Å². The number of piperidine rings is 1. The molecule has 3 atom stereocenters. The summed E-state index contributed by atoms with van der Waals surface area (Å²) in [7, 11) is 0. The highest BCUT2D eigenvalue weighted by atomic mass is 16.5. The van der Waals surface area contributed by atoms with Crippen molar-refractivity contribution in [2.45, 2.75) is 18.9 Å². The molecule has 5 heteroatoms. The number of hydrogen-bond acceptors (Lipinski definition) is 4. The highest BCUT2D eigenvalue weighted by Crippen LogP contribution is 2.30. The van der Waals surface area contributed by atoms with Crippen LogP contribution >= 0.6 is 0 Å². The Bertz CT molecular complexity index is 531. The zero-order chi connectivity index (χ0) is 12.8. The first kappa shape index (κ1) is 11.2. The maximum absolute atomic E-state index is 12.4. The van der Waals surface area contributed by atoms with Crippen LogP contribution in [-0.4, -0.2) is 48.1 Å². The Morgan fingerprint density at radius 1 is 1.47 bits per heavy atom.